The number of halogens is 3. The summed E-state index contributed by atoms with van der Waals surface area (Å²) in [6, 6.07) is 12.3. The molecule has 1 saturated carbocycles. The monoisotopic (exact) mass is 457 g/mol. The fraction of sp³-hybridized carbons (Fsp3) is 0.400. The van der Waals surface area contributed by atoms with Gasteiger partial charge in [-0.15, -0.1) is 0 Å². The molecule has 0 spiro atoms. The maximum Gasteiger partial charge on any atom is 0.416 e. The Morgan fingerprint density at radius 1 is 1.03 bits per heavy atom. The molecule has 1 aliphatic carbocycles. The third-order valence-corrected chi connectivity index (χ3v) is 6.08. The normalized spacial score (nSPS) is 14.9. The van der Waals surface area contributed by atoms with Crippen LogP contribution in [0.4, 0.5) is 13.2 Å². The number of hydrogen-bond acceptors (Lipinski definition) is 4. The second kappa shape index (κ2) is 9.77. The van der Waals surface area contributed by atoms with Crippen molar-refractivity contribution < 1.29 is 22.5 Å². The molecular formula is C25H26F3N3O2. The largest absolute Gasteiger partial charge is 0.416 e. The number of benzene rings is 2. The van der Waals surface area contributed by atoms with E-state index in [-0.39, 0.29) is 17.5 Å². The zero-order valence-electron chi connectivity index (χ0n) is 18.4. The molecule has 4 rings (SSSR count). The number of alkyl halides is 3. The Morgan fingerprint density at radius 2 is 1.70 bits per heavy atom. The zero-order chi connectivity index (χ0) is 23.4. The number of hydrogen-bond donors (Lipinski definition) is 0. The number of aryl methyl sites for hydroxylation is 1. The van der Waals surface area contributed by atoms with E-state index in [0.717, 1.165) is 55.4 Å². The Bertz CT molecular complexity index is 1070. The van der Waals surface area contributed by atoms with E-state index >= 15 is 0 Å². The second-order valence-electron chi connectivity index (χ2n) is 8.49. The van der Waals surface area contributed by atoms with E-state index in [2.05, 4.69) is 10.1 Å². The smallest absolute Gasteiger partial charge is 0.339 e. The summed E-state index contributed by atoms with van der Waals surface area (Å²) in [5.74, 6) is 0.642. The van der Waals surface area contributed by atoms with Crippen molar-refractivity contribution in [2.24, 2.45) is 0 Å². The molecule has 0 radical (unpaired) electrons. The number of amides is 1. The molecule has 5 nitrogen and oxygen atoms in total. The van der Waals surface area contributed by atoms with Gasteiger partial charge in [0.2, 0.25) is 11.7 Å². The van der Waals surface area contributed by atoms with Crippen LogP contribution in [0.15, 0.2) is 53.1 Å². The van der Waals surface area contributed by atoms with Crippen LogP contribution in [-0.2, 0) is 12.6 Å². The number of aromatic nitrogens is 2. The average molecular weight is 457 g/mol. The lowest BCUT2D eigenvalue weighted by atomic mass is 9.93. The van der Waals surface area contributed by atoms with Gasteiger partial charge in [-0.05, 0) is 44.0 Å². The van der Waals surface area contributed by atoms with Crippen LogP contribution in [0.25, 0.3) is 11.4 Å². The SMILES string of the molecule is Cc1ccc(-c2noc(CCN(C(=O)c3ccc(C(F)(F)F)cc3)C3CCCCC3)n2)cc1. The van der Waals surface area contributed by atoms with Gasteiger partial charge in [-0.2, -0.15) is 18.2 Å². The van der Waals surface area contributed by atoms with Crippen molar-refractivity contribution in [3.8, 4) is 11.4 Å². The van der Waals surface area contributed by atoms with Gasteiger partial charge in [-0.25, -0.2) is 0 Å². The summed E-state index contributed by atoms with van der Waals surface area (Å²) in [5.41, 5.74) is 1.46. The molecule has 0 bridgehead atoms. The first-order valence-electron chi connectivity index (χ1n) is 11.2. The first-order valence-corrected chi connectivity index (χ1v) is 11.2. The summed E-state index contributed by atoms with van der Waals surface area (Å²) in [6.07, 6.45) is 0.886. The molecular weight excluding hydrogens is 431 g/mol. The number of carbonyl (C=O) groups excluding carboxylic acids is 1. The van der Waals surface area contributed by atoms with Crippen molar-refractivity contribution in [1.82, 2.24) is 15.0 Å². The van der Waals surface area contributed by atoms with Gasteiger partial charge in [0.1, 0.15) is 0 Å². The van der Waals surface area contributed by atoms with Gasteiger partial charge in [0.15, 0.2) is 0 Å². The van der Waals surface area contributed by atoms with Gasteiger partial charge in [0.25, 0.3) is 5.91 Å². The van der Waals surface area contributed by atoms with Crippen molar-refractivity contribution in [2.75, 3.05) is 6.54 Å². The lowest BCUT2D eigenvalue weighted by Crippen LogP contribution is -2.42. The maximum absolute atomic E-state index is 13.3. The highest BCUT2D eigenvalue weighted by molar-refractivity contribution is 5.94. The zero-order valence-corrected chi connectivity index (χ0v) is 18.4. The van der Waals surface area contributed by atoms with Crippen molar-refractivity contribution in [1.29, 1.82) is 0 Å². The molecule has 0 atom stereocenters. The molecule has 33 heavy (non-hydrogen) atoms. The molecule has 0 unspecified atom stereocenters. The average Bonchev–Trinajstić information content (AvgIpc) is 3.29. The van der Waals surface area contributed by atoms with Gasteiger partial charge in [-0.3, -0.25) is 4.79 Å². The molecule has 1 aliphatic rings. The molecule has 1 fully saturated rings. The van der Waals surface area contributed by atoms with Gasteiger partial charge in [0, 0.05) is 30.1 Å². The fourth-order valence-corrected chi connectivity index (χ4v) is 4.20. The summed E-state index contributed by atoms with van der Waals surface area (Å²) in [4.78, 5) is 19.5. The van der Waals surface area contributed by atoms with E-state index in [1.54, 1.807) is 4.90 Å². The van der Waals surface area contributed by atoms with E-state index in [4.69, 9.17) is 4.52 Å². The quantitative estimate of drug-likeness (QED) is 0.450. The van der Waals surface area contributed by atoms with Crippen LogP contribution in [0.3, 0.4) is 0 Å². The Morgan fingerprint density at radius 3 is 2.33 bits per heavy atom. The van der Waals surface area contributed by atoms with Crippen LogP contribution in [0, 0.1) is 6.92 Å². The van der Waals surface area contributed by atoms with E-state index < -0.39 is 11.7 Å². The molecule has 1 aromatic heterocycles. The van der Waals surface area contributed by atoms with Crippen LogP contribution in [-0.4, -0.2) is 33.5 Å². The minimum Gasteiger partial charge on any atom is -0.339 e. The fourth-order valence-electron chi connectivity index (χ4n) is 4.20. The topological polar surface area (TPSA) is 59.2 Å². The predicted octanol–water partition coefficient (Wildman–Crippen LogP) is 6.08. The number of nitrogens with zero attached hydrogens (tertiary/aromatic N) is 3. The minimum absolute atomic E-state index is 0.0491. The maximum atomic E-state index is 13.3. The molecule has 0 saturated heterocycles. The molecule has 0 aliphatic heterocycles. The summed E-state index contributed by atoms with van der Waals surface area (Å²) in [5, 5.41) is 4.05. The van der Waals surface area contributed by atoms with E-state index in [1.807, 2.05) is 31.2 Å². The van der Waals surface area contributed by atoms with Crippen molar-refractivity contribution >= 4 is 5.91 Å². The Balaban J connectivity index is 1.49. The van der Waals surface area contributed by atoms with Gasteiger partial charge >= 0.3 is 6.18 Å². The Kier molecular flexibility index (Phi) is 6.81. The number of carbonyl (C=O) groups is 1. The summed E-state index contributed by atoms with van der Waals surface area (Å²) in [6.45, 7) is 2.36. The first-order chi connectivity index (χ1) is 15.8. The molecule has 3 aromatic rings. The molecule has 0 N–H and O–H groups in total. The minimum atomic E-state index is -4.43. The molecule has 1 amide bonds. The van der Waals surface area contributed by atoms with Crippen molar-refractivity contribution in [3.63, 3.8) is 0 Å². The van der Waals surface area contributed by atoms with Gasteiger partial charge in [-0.1, -0.05) is 54.2 Å². The summed E-state index contributed by atoms with van der Waals surface area (Å²) >= 11 is 0. The highest BCUT2D eigenvalue weighted by atomic mass is 19.4. The first kappa shape index (κ1) is 23.0. The van der Waals surface area contributed by atoms with Crippen LogP contribution >= 0.6 is 0 Å². The van der Waals surface area contributed by atoms with E-state index in [0.29, 0.717) is 24.7 Å². The molecule has 2 aromatic carbocycles. The third-order valence-electron chi connectivity index (χ3n) is 6.08. The van der Waals surface area contributed by atoms with E-state index in [1.165, 1.54) is 12.1 Å². The summed E-state index contributed by atoms with van der Waals surface area (Å²) in [7, 11) is 0. The summed E-state index contributed by atoms with van der Waals surface area (Å²) < 4.78 is 44.1. The van der Waals surface area contributed by atoms with E-state index in [9.17, 15) is 18.0 Å². The molecule has 174 valence electrons. The highest BCUT2D eigenvalue weighted by Gasteiger charge is 2.31. The second-order valence-corrected chi connectivity index (χ2v) is 8.49. The van der Waals surface area contributed by atoms with Gasteiger partial charge < -0.3 is 9.42 Å². The third kappa shape index (κ3) is 5.61. The molecule has 1 heterocycles. The lowest BCUT2D eigenvalue weighted by Gasteiger charge is -2.34. The van der Waals surface area contributed by atoms with Crippen LogP contribution in [0.2, 0.25) is 0 Å². The number of rotatable bonds is 6. The Hall–Kier alpha value is -3.16. The van der Waals surface area contributed by atoms with Crippen LogP contribution < -0.4 is 0 Å². The Labute approximate surface area is 190 Å². The van der Waals surface area contributed by atoms with Crippen molar-refractivity contribution in [3.05, 3.63) is 71.1 Å². The van der Waals surface area contributed by atoms with Gasteiger partial charge in [0.05, 0.1) is 5.56 Å². The van der Waals surface area contributed by atoms with Crippen molar-refractivity contribution in [2.45, 2.75) is 57.7 Å². The predicted molar refractivity (Wildman–Crippen MR) is 118 cm³/mol. The lowest BCUT2D eigenvalue weighted by molar-refractivity contribution is -0.137. The molecule has 8 heteroatoms. The highest BCUT2D eigenvalue weighted by Crippen LogP contribution is 2.30. The van der Waals surface area contributed by atoms with Crippen LogP contribution in [0.1, 0.15) is 59.5 Å². The standard InChI is InChI=1S/C25H26F3N3O2/c1-17-7-9-18(10-8-17)23-29-22(33-30-23)15-16-31(21-5-3-2-4-6-21)24(32)19-11-13-20(14-12-19)25(26,27)28/h7-14,21H,2-6,15-16H2,1H3. The van der Waals surface area contributed by atoms with Crippen LogP contribution in [0.5, 0.6) is 0 Å².